The summed E-state index contributed by atoms with van der Waals surface area (Å²) >= 11 is 5.92. The molecular formula is C20H17ClFN3O. The molecule has 0 aliphatic heterocycles. The van der Waals surface area contributed by atoms with Crippen LogP contribution in [0.1, 0.15) is 17.3 Å². The van der Waals surface area contributed by atoms with E-state index < -0.39 is 11.7 Å². The van der Waals surface area contributed by atoms with Crippen LogP contribution in [0.15, 0.2) is 66.9 Å². The molecule has 0 unspecified atom stereocenters. The summed E-state index contributed by atoms with van der Waals surface area (Å²) in [6, 6.07) is 17.6. The molecular weight excluding hydrogens is 353 g/mol. The first-order valence-corrected chi connectivity index (χ1v) is 8.52. The third-order valence-corrected chi connectivity index (χ3v) is 4.19. The van der Waals surface area contributed by atoms with Gasteiger partial charge in [-0.15, -0.1) is 0 Å². The standard InChI is InChI=1S/C20H17ClFN3O/c1-2-25(14-7-4-3-5-8-14)15-11-12-18(23-13-15)24-20(26)19-16(21)9-6-10-17(19)22/h3-13H,2H2,1H3,(H,23,24,26). The molecule has 0 atom stereocenters. The van der Waals surface area contributed by atoms with Crippen LogP contribution in [0.5, 0.6) is 0 Å². The second kappa shape index (κ2) is 7.97. The molecule has 0 bridgehead atoms. The topological polar surface area (TPSA) is 45.2 Å². The van der Waals surface area contributed by atoms with Crippen LogP contribution in [0.2, 0.25) is 5.02 Å². The Morgan fingerprint density at radius 3 is 2.46 bits per heavy atom. The lowest BCUT2D eigenvalue weighted by molar-refractivity contribution is 0.102. The maximum atomic E-state index is 13.8. The first kappa shape index (κ1) is 17.9. The summed E-state index contributed by atoms with van der Waals surface area (Å²) < 4.78 is 13.8. The highest BCUT2D eigenvalue weighted by Crippen LogP contribution is 2.25. The van der Waals surface area contributed by atoms with Gasteiger partial charge < -0.3 is 10.2 Å². The number of rotatable bonds is 5. The number of hydrogen-bond acceptors (Lipinski definition) is 3. The number of halogens is 2. The molecule has 0 saturated heterocycles. The SMILES string of the molecule is CCN(c1ccccc1)c1ccc(NC(=O)c2c(F)cccc2Cl)nc1. The number of aromatic nitrogens is 1. The highest BCUT2D eigenvalue weighted by Gasteiger charge is 2.16. The first-order valence-electron chi connectivity index (χ1n) is 8.14. The zero-order valence-corrected chi connectivity index (χ0v) is 14.9. The van der Waals surface area contributed by atoms with E-state index in [2.05, 4.69) is 15.2 Å². The molecule has 1 heterocycles. The molecule has 26 heavy (non-hydrogen) atoms. The Bertz CT molecular complexity index is 880. The maximum Gasteiger partial charge on any atom is 0.261 e. The van der Waals surface area contributed by atoms with Crippen LogP contribution in [0, 0.1) is 5.82 Å². The second-order valence-electron chi connectivity index (χ2n) is 5.53. The molecule has 0 saturated carbocycles. The zero-order valence-electron chi connectivity index (χ0n) is 14.1. The van der Waals surface area contributed by atoms with Gasteiger partial charge in [-0.25, -0.2) is 9.37 Å². The summed E-state index contributed by atoms with van der Waals surface area (Å²) in [5.41, 5.74) is 1.74. The number of carbonyl (C=O) groups excluding carboxylic acids is 1. The van der Waals surface area contributed by atoms with Crippen LogP contribution < -0.4 is 10.2 Å². The minimum Gasteiger partial charge on any atom is -0.341 e. The fraction of sp³-hybridized carbons (Fsp3) is 0.100. The van der Waals surface area contributed by atoms with Gasteiger partial charge >= 0.3 is 0 Å². The molecule has 1 aromatic heterocycles. The van der Waals surface area contributed by atoms with Crippen molar-refractivity contribution < 1.29 is 9.18 Å². The molecule has 0 fully saturated rings. The molecule has 0 aliphatic rings. The van der Waals surface area contributed by atoms with Crippen molar-refractivity contribution in [1.29, 1.82) is 0 Å². The van der Waals surface area contributed by atoms with Crippen molar-refractivity contribution in [3.8, 4) is 0 Å². The lowest BCUT2D eigenvalue weighted by Gasteiger charge is -2.23. The largest absolute Gasteiger partial charge is 0.341 e. The quantitative estimate of drug-likeness (QED) is 0.665. The summed E-state index contributed by atoms with van der Waals surface area (Å²) in [5, 5.41) is 2.63. The zero-order chi connectivity index (χ0) is 18.5. The average molecular weight is 370 g/mol. The highest BCUT2D eigenvalue weighted by molar-refractivity contribution is 6.34. The number of para-hydroxylation sites is 1. The first-order chi connectivity index (χ1) is 12.6. The Morgan fingerprint density at radius 1 is 1.08 bits per heavy atom. The summed E-state index contributed by atoms with van der Waals surface area (Å²) in [6.07, 6.45) is 1.66. The van der Waals surface area contributed by atoms with Gasteiger partial charge in [-0.05, 0) is 43.3 Å². The van der Waals surface area contributed by atoms with E-state index in [0.29, 0.717) is 5.82 Å². The van der Waals surface area contributed by atoms with Crippen LogP contribution in [0.4, 0.5) is 21.6 Å². The monoisotopic (exact) mass is 369 g/mol. The van der Waals surface area contributed by atoms with Crippen molar-refractivity contribution in [3.05, 3.63) is 83.3 Å². The van der Waals surface area contributed by atoms with Gasteiger partial charge in [-0.2, -0.15) is 0 Å². The summed E-state index contributed by atoms with van der Waals surface area (Å²) in [6.45, 7) is 2.81. The normalized spacial score (nSPS) is 10.4. The minimum absolute atomic E-state index is 0.0559. The Morgan fingerprint density at radius 2 is 1.85 bits per heavy atom. The third-order valence-electron chi connectivity index (χ3n) is 3.88. The number of hydrogen-bond donors (Lipinski definition) is 1. The molecule has 6 heteroatoms. The molecule has 0 aliphatic carbocycles. The van der Waals surface area contributed by atoms with Gasteiger partial charge in [-0.1, -0.05) is 35.9 Å². The molecule has 132 valence electrons. The van der Waals surface area contributed by atoms with E-state index in [1.165, 1.54) is 18.2 Å². The number of nitrogens with zero attached hydrogens (tertiary/aromatic N) is 2. The van der Waals surface area contributed by atoms with E-state index in [1.54, 1.807) is 12.3 Å². The molecule has 3 aromatic rings. The molecule has 0 radical (unpaired) electrons. The van der Waals surface area contributed by atoms with Crippen LogP contribution in [-0.4, -0.2) is 17.4 Å². The van der Waals surface area contributed by atoms with E-state index in [9.17, 15) is 9.18 Å². The number of nitrogens with one attached hydrogen (secondary N) is 1. The Labute approximate surface area is 156 Å². The number of pyridine rings is 1. The maximum absolute atomic E-state index is 13.8. The van der Waals surface area contributed by atoms with Gasteiger partial charge in [-0.3, -0.25) is 4.79 Å². The van der Waals surface area contributed by atoms with E-state index in [1.807, 2.05) is 43.3 Å². The number of anilines is 3. The van der Waals surface area contributed by atoms with Crippen molar-refractivity contribution in [2.24, 2.45) is 0 Å². The van der Waals surface area contributed by atoms with Gasteiger partial charge in [0, 0.05) is 12.2 Å². The third kappa shape index (κ3) is 3.83. The van der Waals surface area contributed by atoms with Crippen LogP contribution in [-0.2, 0) is 0 Å². The van der Waals surface area contributed by atoms with Gasteiger partial charge in [0.05, 0.1) is 22.5 Å². The van der Waals surface area contributed by atoms with E-state index in [0.717, 1.165) is 17.9 Å². The number of carbonyl (C=O) groups is 1. The fourth-order valence-corrected chi connectivity index (χ4v) is 2.88. The predicted molar refractivity (Wildman–Crippen MR) is 103 cm³/mol. The Hall–Kier alpha value is -2.92. The van der Waals surface area contributed by atoms with Crippen LogP contribution in [0.25, 0.3) is 0 Å². The summed E-state index contributed by atoms with van der Waals surface area (Å²) in [7, 11) is 0. The fourth-order valence-electron chi connectivity index (χ4n) is 2.64. The molecule has 0 spiro atoms. The van der Waals surface area contributed by atoms with Crippen molar-refractivity contribution in [3.63, 3.8) is 0 Å². The number of benzene rings is 2. The van der Waals surface area contributed by atoms with Gasteiger partial charge in [0.25, 0.3) is 5.91 Å². The van der Waals surface area contributed by atoms with Crippen molar-refractivity contribution in [2.75, 3.05) is 16.8 Å². The Balaban J connectivity index is 1.78. The smallest absolute Gasteiger partial charge is 0.261 e. The lowest BCUT2D eigenvalue weighted by atomic mass is 10.2. The van der Waals surface area contributed by atoms with Crippen LogP contribution >= 0.6 is 11.6 Å². The number of amides is 1. The van der Waals surface area contributed by atoms with E-state index in [4.69, 9.17) is 11.6 Å². The minimum atomic E-state index is -0.673. The van der Waals surface area contributed by atoms with Crippen molar-refractivity contribution in [2.45, 2.75) is 6.92 Å². The Kier molecular flexibility index (Phi) is 5.49. The van der Waals surface area contributed by atoms with E-state index in [-0.39, 0.29) is 10.6 Å². The summed E-state index contributed by atoms with van der Waals surface area (Å²) in [4.78, 5) is 18.6. The molecule has 4 nitrogen and oxygen atoms in total. The van der Waals surface area contributed by atoms with Gasteiger partial charge in [0.2, 0.25) is 0 Å². The van der Waals surface area contributed by atoms with Gasteiger partial charge in [0.1, 0.15) is 11.6 Å². The molecule has 1 N–H and O–H groups in total. The van der Waals surface area contributed by atoms with Crippen molar-refractivity contribution >= 4 is 34.7 Å². The predicted octanol–water partition coefficient (Wildman–Crippen LogP) is 5.28. The van der Waals surface area contributed by atoms with Crippen molar-refractivity contribution in [1.82, 2.24) is 4.98 Å². The van der Waals surface area contributed by atoms with E-state index >= 15 is 0 Å². The summed E-state index contributed by atoms with van der Waals surface area (Å²) in [5.74, 6) is -0.987. The molecule has 1 amide bonds. The molecule has 2 aromatic carbocycles. The van der Waals surface area contributed by atoms with Gasteiger partial charge in [0.15, 0.2) is 0 Å². The highest BCUT2D eigenvalue weighted by atomic mass is 35.5. The average Bonchev–Trinajstić information content (AvgIpc) is 2.64. The second-order valence-corrected chi connectivity index (χ2v) is 5.94. The van der Waals surface area contributed by atoms with Crippen LogP contribution in [0.3, 0.4) is 0 Å². The lowest BCUT2D eigenvalue weighted by Crippen LogP contribution is -2.17. The molecule has 3 rings (SSSR count).